The smallest absolute Gasteiger partial charge is 0.243 e. The van der Waals surface area contributed by atoms with E-state index in [4.69, 9.17) is 11.6 Å². The van der Waals surface area contributed by atoms with Crippen LogP contribution in [0, 0.1) is 5.82 Å². The molecule has 2 N–H and O–H groups in total. The Balaban J connectivity index is 1.94. The molecule has 0 aliphatic rings. The maximum Gasteiger partial charge on any atom is 0.243 e. The summed E-state index contributed by atoms with van der Waals surface area (Å²) in [5.41, 5.74) is 1.64. The first-order chi connectivity index (χ1) is 10.5. The first-order valence-corrected chi connectivity index (χ1v) is 6.93. The number of carbonyl (C=O) groups is 2. The number of halogens is 2. The summed E-state index contributed by atoms with van der Waals surface area (Å²) in [7, 11) is 0. The second kappa shape index (κ2) is 7.04. The second-order valence-corrected chi connectivity index (χ2v) is 5.07. The summed E-state index contributed by atoms with van der Waals surface area (Å²) in [6.07, 6.45) is 0. The summed E-state index contributed by atoms with van der Waals surface area (Å²) in [4.78, 5) is 23.1. The molecule has 0 bridgehead atoms. The molecule has 0 saturated carbocycles. The van der Waals surface area contributed by atoms with Gasteiger partial charge in [-0.1, -0.05) is 23.7 Å². The van der Waals surface area contributed by atoms with Crippen LogP contribution in [0.1, 0.15) is 17.3 Å². The van der Waals surface area contributed by atoms with Gasteiger partial charge in [0.1, 0.15) is 5.82 Å². The van der Waals surface area contributed by atoms with Gasteiger partial charge in [-0.05, 0) is 37.3 Å². The number of Topliss-reactive ketones (excluding diaryl/α,β-unsaturated/α-hetero) is 1. The zero-order chi connectivity index (χ0) is 16.1. The Hall–Kier alpha value is -2.40. The molecule has 0 atom stereocenters. The zero-order valence-electron chi connectivity index (χ0n) is 11.8. The predicted molar refractivity (Wildman–Crippen MR) is 85.0 cm³/mol. The highest BCUT2D eigenvalue weighted by molar-refractivity contribution is 6.31. The van der Waals surface area contributed by atoms with Gasteiger partial charge >= 0.3 is 0 Å². The Morgan fingerprint density at radius 2 is 1.91 bits per heavy atom. The Morgan fingerprint density at radius 3 is 2.59 bits per heavy atom. The molecule has 6 heteroatoms. The lowest BCUT2D eigenvalue weighted by Gasteiger charge is -2.09. The van der Waals surface area contributed by atoms with Crippen molar-refractivity contribution in [2.75, 3.05) is 17.2 Å². The van der Waals surface area contributed by atoms with Crippen LogP contribution in [0.5, 0.6) is 0 Å². The van der Waals surface area contributed by atoms with Gasteiger partial charge in [-0.3, -0.25) is 9.59 Å². The number of benzene rings is 2. The van der Waals surface area contributed by atoms with Gasteiger partial charge in [-0.2, -0.15) is 0 Å². The Morgan fingerprint density at radius 1 is 1.14 bits per heavy atom. The number of anilines is 2. The molecule has 4 nitrogen and oxygen atoms in total. The third kappa shape index (κ3) is 4.30. The summed E-state index contributed by atoms with van der Waals surface area (Å²) < 4.78 is 13.0. The molecule has 0 radical (unpaired) electrons. The second-order valence-electron chi connectivity index (χ2n) is 4.67. The average Bonchev–Trinajstić information content (AvgIpc) is 2.49. The molecule has 2 rings (SSSR count). The lowest BCUT2D eigenvalue weighted by Crippen LogP contribution is -2.21. The van der Waals surface area contributed by atoms with E-state index in [1.54, 1.807) is 24.3 Å². The van der Waals surface area contributed by atoms with E-state index < -0.39 is 5.82 Å². The van der Waals surface area contributed by atoms with E-state index in [1.165, 1.54) is 25.1 Å². The molecule has 0 saturated heterocycles. The minimum absolute atomic E-state index is 0.0103. The molecular weight excluding hydrogens is 307 g/mol. The highest BCUT2D eigenvalue weighted by Crippen LogP contribution is 2.19. The Kier molecular flexibility index (Phi) is 5.12. The van der Waals surface area contributed by atoms with E-state index in [0.717, 1.165) is 0 Å². The molecule has 0 aromatic heterocycles. The van der Waals surface area contributed by atoms with Crippen molar-refractivity contribution in [2.45, 2.75) is 6.92 Å². The van der Waals surface area contributed by atoms with E-state index in [0.29, 0.717) is 16.9 Å². The fourth-order valence-electron chi connectivity index (χ4n) is 1.81. The van der Waals surface area contributed by atoms with Crippen LogP contribution in [0.25, 0.3) is 0 Å². The summed E-state index contributed by atoms with van der Waals surface area (Å²) in [5.74, 6) is -0.899. The quantitative estimate of drug-likeness (QED) is 0.825. The number of ketones is 1. The number of rotatable bonds is 5. The van der Waals surface area contributed by atoms with E-state index >= 15 is 0 Å². The fourth-order valence-corrected chi connectivity index (χ4v) is 1.99. The summed E-state index contributed by atoms with van der Waals surface area (Å²) in [6.45, 7) is 1.49. The molecule has 0 aliphatic heterocycles. The van der Waals surface area contributed by atoms with Gasteiger partial charge in [0, 0.05) is 16.9 Å². The van der Waals surface area contributed by atoms with Crippen molar-refractivity contribution < 1.29 is 14.0 Å². The van der Waals surface area contributed by atoms with Crippen LogP contribution in [-0.2, 0) is 4.79 Å². The number of hydrogen-bond donors (Lipinski definition) is 2. The highest BCUT2D eigenvalue weighted by atomic mass is 35.5. The van der Waals surface area contributed by atoms with E-state index in [9.17, 15) is 14.0 Å². The molecule has 114 valence electrons. The Bertz CT molecular complexity index is 719. The van der Waals surface area contributed by atoms with E-state index in [1.807, 2.05) is 0 Å². The van der Waals surface area contributed by atoms with E-state index in [2.05, 4.69) is 10.6 Å². The van der Waals surface area contributed by atoms with Crippen LogP contribution < -0.4 is 10.6 Å². The monoisotopic (exact) mass is 320 g/mol. The molecule has 0 unspecified atom stereocenters. The molecule has 0 aliphatic carbocycles. The third-order valence-electron chi connectivity index (χ3n) is 2.93. The largest absolute Gasteiger partial charge is 0.376 e. The lowest BCUT2D eigenvalue weighted by molar-refractivity contribution is -0.114. The van der Waals surface area contributed by atoms with Gasteiger partial charge in [0.15, 0.2) is 5.78 Å². The molecule has 0 fully saturated rings. The molecule has 2 aromatic rings. The van der Waals surface area contributed by atoms with Crippen LogP contribution in [0.3, 0.4) is 0 Å². The average molecular weight is 321 g/mol. The SMILES string of the molecule is CC(=O)c1cccc(NCC(=O)Nc2ccc(F)c(Cl)c2)c1. The number of hydrogen-bond acceptors (Lipinski definition) is 3. The summed E-state index contributed by atoms with van der Waals surface area (Å²) in [5, 5.41) is 5.46. The molecule has 0 spiro atoms. The molecule has 0 heterocycles. The van der Waals surface area contributed by atoms with Crippen molar-refractivity contribution in [3.8, 4) is 0 Å². The van der Waals surface area contributed by atoms with Crippen molar-refractivity contribution in [2.24, 2.45) is 0 Å². The van der Waals surface area contributed by atoms with Crippen molar-refractivity contribution in [3.63, 3.8) is 0 Å². The van der Waals surface area contributed by atoms with Crippen LogP contribution >= 0.6 is 11.6 Å². The van der Waals surface area contributed by atoms with Gasteiger partial charge in [-0.25, -0.2) is 4.39 Å². The normalized spacial score (nSPS) is 10.1. The van der Waals surface area contributed by atoms with Gasteiger partial charge in [0.2, 0.25) is 5.91 Å². The fraction of sp³-hybridized carbons (Fsp3) is 0.125. The van der Waals surface area contributed by atoms with Gasteiger partial charge in [0.25, 0.3) is 0 Å². The van der Waals surface area contributed by atoms with Crippen LogP contribution in [0.15, 0.2) is 42.5 Å². The van der Waals surface area contributed by atoms with Gasteiger partial charge < -0.3 is 10.6 Å². The predicted octanol–water partition coefficient (Wildman–Crippen LogP) is 3.73. The number of carbonyl (C=O) groups excluding carboxylic acids is 2. The van der Waals surface area contributed by atoms with Crippen molar-refractivity contribution in [3.05, 3.63) is 58.9 Å². The maximum absolute atomic E-state index is 13.0. The first-order valence-electron chi connectivity index (χ1n) is 6.55. The van der Waals surface area contributed by atoms with Gasteiger partial charge in [-0.15, -0.1) is 0 Å². The minimum atomic E-state index is -0.543. The van der Waals surface area contributed by atoms with Crippen molar-refractivity contribution in [1.29, 1.82) is 0 Å². The highest BCUT2D eigenvalue weighted by Gasteiger charge is 2.06. The van der Waals surface area contributed by atoms with E-state index in [-0.39, 0.29) is 23.3 Å². The molecule has 22 heavy (non-hydrogen) atoms. The topological polar surface area (TPSA) is 58.2 Å². The maximum atomic E-state index is 13.0. The van der Waals surface area contributed by atoms with Crippen molar-refractivity contribution >= 4 is 34.7 Å². The van der Waals surface area contributed by atoms with Gasteiger partial charge in [0.05, 0.1) is 11.6 Å². The third-order valence-corrected chi connectivity index (χ3v) is 3.22. The van der Waals surface area contributed by atoms with Crippen LogP contribution in [0.4, 0.5) is 15.8 Å². The summed E-state index contributed by atoms with van der Waals surface area (Å²) >= 11 is 5.64. The molecule has 2 aromatic carbocycles. The zero-order valence-corrected chi connectivity index (χ0v) is 12.6. The Labute approximate surface area is 132 Å². The van der Waals surface area contributed by atoms with Crippen LogP contribution in [-0.4, -0.2) is 18.2 Å². The van der Waals surface area contributed by atoms with Crippen LogP contribution in [0.2, 0.25) is 5.02 Å². The first kappa shape index (κ1) is 16.0. The summed E-state index contributed by atoms with van der Waals surface area (Å²) in [6, 6.07) is 10.8. The number of amides is 1. The number of nitrogens with one attached hydrogen (secondary N) is 2. The lowest BCUT2D eigenvalue weighted by atomic mass is 10.1. The van der Waals surface area contributed by atoms with Crippen molar-refractivity contribution in [1.82, 2.24) is 0 Å². The standard InChI is InChI=1S/C16H14ClFN2O2/c1-10(21)11-3-2-4-12(7-11)19-9-16(22)20-13-5-6-15(18)14(17)8-13/h2-8,19H,9H2,1H3,(H,20,22). The minimum Gasteiger partial charge on any atom is -0.376 e. The molecular formula is C16H14ClFN2O2. The molecule has 1 amide bonds.